The van der Waals surface area contributed by atoms with Crippen LogP contribution in [0.4, 0.5) is 0 Å². The van der Waals surface area contributed by atoms with Gasteiger partial charge in [0.2, 0.25) is 0 Å². The van der Waals surface area contributed by atoms with Crippen molar-refractivity contribution in [2.24, 2.45) is 5.92 Å². The lowest BCUT2D eigenvalue weighted by Crippen LogP contribution is -2.24. The molecule has 0 amide bonds. The molecule has 0 saturated carbocycles. The monoisotopic (exact) mass is 281 g/mol. The van der Waals surface area contributed by atoms with Crippen molar-refractivity contribution in [3.05, 3.63) is 23.7 Å². The molecular formula is C16H27NO3. The number of ether oxygens (including phenoxy) is 2. The van der Waals surface area contributed by atoms with Crippen molar-refractivity contribution < 1.29 is 13.9 Å². The molecule has 20 heavy (non-hydrogen) atoms. The van der Waals surface area contributed by atoms with E-state index in [1.807, 2.05) is 12.1 Å². The summed E-state index contributed by atoms with van der Waals surface area (Å²) in [6, 6.07) is 4.01. The van der Waals surface area contributed by atoms with Gasteiger partial charge in [-0.2, -0.15) is 0 Å². The van der Waals surface area contributed by atoms with Crippen LogP contribution in [0.5, 0.6) is 0 Å². The molecule has 1 unspecified atom stereocenters. The Bertz CT molecular complexity index is 370. The Morgan fingerprint density at radius 2 is 2.15 bits per heavy atom. The Morgan fingerprint density at radius 3 is 2.90 bits per heavy atom. The predicted molar refractivity (Wildman–Crippen MR) is 78.5 cm³/mol. The molecule has 0 spiro atoms. The van der Waals surface area contributed by atoms with E-state index in [1.54, 1.807) is 0 Å². The van der Waals surface area contributed by atoms with Gasteiger partial charge in [-0.25, -0.2) is 0 Å². The molecule has 1 aliphatic heterocycles. The molecule has 1 aromatic heterocycles. The van der Waals surface area contributed by atoms with E-state index in [1.165, 1.54) is 12.8 Å². The average molecular weight is 281 g/mol. The van der Waals surface area contributed by atoms with E-state index in [0.717, 1.165) is 37.6 Å². The topological polar surface area (TPSA) is 43.6 Å². The molecule has 1 saturated heterocycles. The molecule has 1 fully saturated rings. The molecule has 4 nitrogen and oxygen atoms in total. The summed E-state index contributed by atoms with van der Waals surface area (Å²) < 4.78 is 17.0. The fraction of sp³-hybridized carbons (Fsp3) is 0.750. The third kappa shape index (κ3) is 5.65. The maximum absolute atomic E-state index is 5.73. The van der Waals surface area contributed by atoms with Crippen molar-refractivity contribution in [1.29, 1.82) is 0 Å². The van der Waals surface area contributed by atoms with Crippen LogP contribution >= 0.6 is 0 Å². The lowest BCUT2D eigenvalue weighted by molar-refractivity contribution is -0.0473. The summed E-state index contributed by atoms with van der Waals surface area (Å²) in [6.45, 7) is 8.26. The molecule has 4 heteroatoms. The zero-order valence-corrected chi connectivity index (χ0v) is 12.7. The maximum Gasteiger partial charge on any atom is 0.129 e. The van der Waals surface area contributed by atoms with Gasteiger partial charge in [0.15, 0.2) is 0 Å². The minimum absolute atomic E-state index is 0.269. The van der Waals surface area contributed by atoms with E-state index in [-0.39, 0.29) is 6.10 Å². The summed E-state index contributed by atoms with van der Waals surface area (Å²) in [5.41, 5.74) is 0. The predicted octanol–water partition coefficient (Wildman–Crippen LogP) is 3.11. The SMILES string of the molecule is CC(C)CNCc1ccc(COCC2CCCCO2)o1. The number of hydrogen-bond acceptors (Lipinski definition) is 4. The van der Waals surface area contributed by atoms with Crippen LogP contribution in [0.3, 0.4) is 0 Å². The van der Waals surface area contributed by atoms with Gasteiger partial charge in [0.1, 0.15) is 18.1 Å². The molecule has 2 heterocycles. The summed E-state index contributed by atoms with van der Waals surface area (Å²) in [5.74, 6) is 2.52. The highest BCUT2D eigenvalue weighted by molar-refractivity contribution is 5.06. The van der Waals surface area contributed by atoms with Gasteiger partial charge in [-0.3, -0.25) is 0 Å². The first-order valence-corrected chi connectivity index (χ1v) is 7.71. The first kappa shape index (κ1) is 15.5. The Morgan fingerprint density at radius 1 is 1.30 bits per heavy atom. The molecule has 0 aromatic carbocycles. The van der Waals surface area contributed by atoms with Crippen LogP contribution in [-0.4, -0.2) is 25.9 Å². The van der Waals surface area contributed by atoms with Crippen molar-refractivity contribution in [1.82, 2.24) is 5.32 Å². The minimum atomic E-state index is 0.269. The van der Waals surface area contributed by atoms with Crippen molar-refractivity contribution in [2.75, 3.05) is 19.8 Å². The van der Waals surface area contributed by atoms with Crippen LogP contribution in [0.1, 0.15) is 44.6 Å². The van der Waals surface area contributed by atoms with Crippen LogP contribution in [0.2, 0.25) is 0 Å². The van der Waals surface area contributed by atoms with E-state index < -0.39 is 0 Å². The van der Waals surface area contributed by atoms with Crippen molar-refractivity contribution in [2.45, 2.75) is 52.4 Å². The van der Waals surface area contributed by atoms with Gasteiger partial charge in [-0.05, 0) is 43.9 Å². The average Bonchev–Trinajstić information content (AvgIpc) is 2.87. The molecule has 1 N–H and O–H groups in total. The molecular weight excluding hydrogens is 254 g/mol. The van der Waals surface area contributed by atoms with Gasteiger partial charge in [0, 0.05) is 6.61 Å². The van der Waals surface area contributed by atoms with Crippen molar-refractivity contribution in [3.63, 3.8) is 0 Å². The van der Waals surface area contributed by atoms with Crippen LogP contribution < -0.4 is 5.32 Å². The quantitative estimate of drug-likeness (QED) is 0.795. The molecule has 0 bridgehead atoms. The van der Waals surface area contributed by atoms with Gasteiger partial charge < -0.3 is 19.2 Å². The van der Waals surface area contributed by atoms with Gasteiger partial charge in [0.05, 0.1) is 19.3 Å². The normalized spacial score (nSPS) is 19.6. The van der Waals surface area contributed by atoms with Crippen molar-refractivity contribution >= 4 is 0 Å². The maximum atomic E-state index is 5.73. The highest BCUT2D eigenvalue weighted by Gasteiger charge is 2.14. The van der Waals surface area contributed by atoms with E-state index in [2.05, 4.69) is 19.2 Å². The van der Waals surface area contributed by atoms with Crippen LogP contribution in [0, 0.1) is 5.92 Å². The standard InChI is InChI=1S/C16H27NO3/c1-13(2)9-17-10-14-6-7-16(20-14)12-18-11-15-5-3-4-8-19-15/h6-7,13,15,17H,3-5,8-12H2,1-2H3. The van der Waals surface area contributed by atoms with Gasteiger partial charge >= 0.3 is 0 Å². The summed E-state index contributed by atoms with van der Waals surface area (Å²) in [4.78, 5) is 0. The zero-order valence-electron chi connectivity index (χ0n) is 12.7. The van der Waals surface area contributed by atoms with Crippen LogP contribution in [0.15, 0.2) is 16.5 Å². The number of nitrogens with one attached hydrogen (secondary N) is 1. The second-order valence-electron chi connectivity index (χ2n) is 5.90. The third-order valence-corrected chi connectivity index (χ3v) is 3.39. The van der Waals surface area contributed by atoms with Gasteiger partial charge in [0.25, 0.3) is 0 Å². The van der Waals surface area contributed by atoms with E-state index in [9.17, 15) is 0 Å². The lowest BCUT2D eigenvalue weighted by Gasteiger charge is -2.22. The Kier molecular flexibility index (Phi) is 6.57. The summed E-state index contributed by atoms with van der Waals surface area (Å²) in [5, 5.41) is 3.37. The van der Waals surface area contributed by atoms with Gasteiger partial charge in [-0.1, -0.05) is 13.8 Å². The number of furan rings is 1. The van der Waals surface area contributed by atoms with Crippen LogP contribution in [-0.2, 0) is 22.6 Å². The van der Waals surface area contributed by atoms with Crippen LogP contribution in [0.25, 0.3) is 0 Å². The lowest BCUT2D eigenvalue weighted by atomic mass is 10.1. The van der Waals surface area contributed by atoms with Gasteiger partial charge in [-0.15, -0.1) is 0 Å². The summed E-state index contributed by atoms with van der Waals surface area (Å²) >= 11 is 0. The Balaban J connectivity index is 1.62. The first-order chi connectivity index (χ1) is 9.74. The highest BCUT2D eigenvalue weighted by atomic mass is 16.5. The molecule has 0 radical (unpaired) electrons. The fourth-order valence-corrected chi connectivity index (χ4v) is 2.31. The first-order valence-electron chi connectivity index (χ1n) is 7.71. The van der Waals surface area contributed by atoms with Crippen molar-refractivity contribution in [3.8, 4) is 0 Å². The molecule has 0 aliphatic carbocycles. The Hall–Kier alpha value is -0.840. The second-order valence-corrected chi connectivity index (χ2v) is 5.90. The number of hydrogen-bond donors (Lipinski definition) is 1. The smallest absolute Gasteiger partial charge is 0.129 e. The summed E-state index contributed by atoms with van der Waals surface area (Å²) in [7, 11) is 0. The zero-order chi connectivity index (χ0) is 14.2. The number of rotatable bonds is 8. The fourth-order valence-electron chi connectivity index (χ4n) is 2.31. The molecule has 1 atom stereocenters. The third-order valence-electron chi connectivity index (χ3n) is 3.39. The highest BCUT2D eigenvalue weighted by Crippen LogP contribution is 2.14. The molecule has 1 aliphatic rings. The largest absolute Gasteiger partial charge is 0.462 e. The Labute approximate surface area is 121 Å². The molecule has 114 valence electrons. The molecule has 1 aromatic rings. The minimum Gasteiger partial charge on any atom is -0.462 e. The van der Waals surface area contributed by atoms with E-state index in [4.69, 9.17) is 13.9 Å². The second kappa shape index (κ2) is 8.45. The van der Waals surface area contributed by atoms with E-state index in [0.29, 0.717) is 19.1 Å². The summed E-state index contributed by atoms with van der Waals surface area (Å²) in [6.07, 6.45) is 3.82. The van der Waals surface area contributed by atoms with E-state index >= 15 is 0 Å². The molecule has 2 rings (SSSR count).